The van der Waals surface area contributed by atoms with Crippen LogP contribution in [0.1, 0.15) is 10.4 Å². The molecule has 0 fully saturated rings. The molecule has 3 aromatic rings. The van der Waals surface area contributed by atoms with Crippen LogP contribution in [0.5, 0.6) is 0 Å². The first-order valence-electron chi connectivity index (χ1n) is 6.00. The Kier molecular flexibility index (Phi) is 3.57. The molecule has 21 heavy (non-hydrogen) atoms. The normalized spacial score (nSPS) is 10.3. The Labute approximate surface area is 124 Å². The molecule has 0 bridgehead atoms. The molecule has 0 aliphatic heterocycles. The lowest BCUT2D eigenvalue weighted by molar-refractivity contribution is 0.102. The van der Waals surface area contributed by atoms with Gasteiger partial charge in [0.1, 0.15) is 11.5 Å². The number of nitrogens with one attached hydrogen (secondary N) is 1. The molecule has 1 N–H and O–H groups in total. The van der Waals surface area contributed by atoms with Crippen LogP contribution >= 0.6 is 11.6 Å². The van der Waals surface area contributed by atoms with Crippen molar-refractivity contribution in [1.82, 2.24) is 25.2 Å². The van der Waals surface area contributed by atoms with E-state index >= 15 is 0 Å². The number of benzene rings is 1. The second-order valence-electron chi connectivity index (χ2n) is 4.07. The number of para-hydroxylation sites is 2. The van der Waals surface area contributed by atoms with Gasteiger partial charge in [-0.1, -0.05) is 23.7 Å². The van der Waals surface area contributed by atoms with Crippen molar-refractivity contribution in [3.05, 3.63) is 59.6 Å². The molecule has 3 rings (SSSR count). The maximum Gasteiger partial charge on any atom is 0.258 e. The molecule has 0 saturated carbocycles. The smallest absolute Gasteiger partial charge is 0.258 e. The van der Waals surface area contributed by atoms with Gasteiger partial charge in [-0.3, -0.25) is 4.79 Å². The highest BCUT2D eigenvalue weighted by atomic mass is 35.5. The van der Waals surface area contributed by atoms with Crippen LogP contribution in [0.3, 0.4) is 0 Å². The fourth-order valence-corrected chi connectivity index (χ4v) is 2.00. The lowest BCUT2D eigenvalue weighted by Gasteiger charge is -2.10. The van der Waals surface area contributed by atoms with Gasteiger partial charge in [-0.15, -0.1) is 5.10 Å². The largest absolute Gasteiger partial charge is 0.320 e. The summed E-state index contributed by atoms with van der Waals surface area (Å²) in [6.45, 7) is 0. The number of aromatic nitrogens is 5. The van der Waals surface area contributed by atoms with Crippen molar-refractivity contribution < 1.29 is 4.79 Å². The van der Waals surface area contributed by atoms with Gasteiger partial charge in [0.05, 0.1) is 16.9 Å². The summed E-state index contributed by atoms with van der Waals surface area (Å²) < 4.78 is 1.46. The molecule has 2 aromatic heterocycles. The van der Waals surface area contributed by atoms with Crippen LogP contribution in [0.15, 0.2) is 48.9 Å². The second kappa shape index (κ2) is 5.68. The summed E-state index contributed by atoms with van der Waals surface area (Å²) in [6.07, 6.45) is 2.97. The number of hydrogen-bond donors (Lipinski definition) is 1. The summed E-state index contributed by atoms with van der Waals surface area (Å²) in [5.41, 5.74) is 1.51. The number of hydrogen-bond acceptors (Lipinski definition) is 5. The molecule has 0 spiro atoms. The third kappa shape index (κ3) is 2.72. The molecule has 104 valence electrons. The lowest BCUT2D eigenvalue weighted by Crippen LogP contribution is -2.14. The standard InChI is InChI=1S/C13H9ClN6O/c14-12-9(4-3-7-15-12)13(21)17-10-5-1-2-6-11(10)20-8-16-18-19-20/h1-8H,(H,17,21). The van der Waals surface area contributed by atoms with Crippen LogP contribution in [0.2, 0.25) is 5.15 Å². The van der Waals surface area contributed by atoms with Gasteiger partial charge in [0.2, 0.25) is 0 Å². The molecular weight excluding hydrogens is 292 g/mol. The van der Waals surface area contributed by atoms with E-state index in [1.165, 1.54) is 17.2 Å². The van der Waals surface area contributed by atoms with E-state index in [0.29, 0.717) is 16.9 Å². The molecule has 1 amide bonds. The Hall–Kier alpha value is -2.80. The minimum Gasteiger partial charge on any atom is -0.320 e. The maximum absolute atomic E-state index is 12.3. The average Bonchev–Trinajstić information content (AvgIpc) is 3.02. The van der Waals surface area contributed by atoms with Crippen LogP contribution in [-0.2, 0) is 0 Å². The van der Waals surface area contributed by atoms with Crippen LogP contribution in [0.25, 0.3) is 5.69 Å². The van der Waals surface area contributed by atoms with Gasteiger partial charge >= 0.3 is 0 Å². The molecular formula is C13H9ClN6O. The molecule has 2 heterocycles. The van der Waals surface area contributed by atoms with Crippen molar-refractivity contribution in [3.63, 3.8) is 0 Å². The van der Waals surface area contributed by atoms with Crippen LogP contribution in [-0.4, -0.2) is 31.1 Å². The summed E-state index contributed by atoms with van der Waals surface area (Å²) in [5.74, 6) is -0.353. The molecule has 1 aromatic carbocycles. The molecule has 0 unspecified atom stereocenters. The highest BCUT2D eigenvalue weighted by molar-refractivity contribution is 6.33. The summed E-state index contributed by atoms with van der Waals surface area (Å²) >= 11 is 5.92. The number of amides is 1. The number of carbonyl (C=O) groups excluding carboxylic acids is 1. The highest BCUT2D eigenvalue weighted by Crippen LogP contribution is 2.20. The van der Waals surface area contributed by atoms with E-state index in [-0.39, 0.29) is 11.1 Å². The van der Waals surface area contributed by atoms with Gasteiger partial charge in [-0.05, 0) is 34.7 Å². The van der Waals surface area contributed by atoms with E-state index in [4.69, 9.17) is 11.6 Å². The summed E-state index contributed by atoms with van der Waals surface area (Å²) in [7, 11) is 0. The number of rotatable bonds is 3. The van der Waals surface area contributed by atoms with E-state index in [2.05, 4.69) is 25.8 Å². The number of nitrogens with zero attached hydrogens (tertiary/aromatic N) is 5. The van der Waals surface area contributed by atoms with Crippen molar-refractivity contribution in [2.45, 2.75) is 0 Å². The lowest BCUT2D eigenvalue weighted by atomic mass is 10.2. The van der Waals surface area contributed by atoms with Gasteiger partial charge in [-0.25, -0.2) is 4.98 Å². The van der Waals surface area contributed by atoms with Gasteiger partial charge < -0.3 is 5.32 Å². The van der Waals surface area contributed by atoms with Crippen molar-refractivity contribution in [1.29, 1.82) is 0 Å². The molecule has 8 heteroatoms. The van der Waals surface area contributed by atoms with Gasteiger partial charge in [0, 0.05) is 6.20 Å². The monoisotopic (exact) mass is 300 g/mol. The third-order valence-electron chi connectivity index (χ3n) is 2.75. The van der Waals surface area contributed by atoms with Crippen molar-refractivity contribution in [2.75, 3.05) is 5.32 Å². The van der Waals surface area contributed by atoms with E-state index in [0.717, 1.165) is 0 Å². The first kappa shape index (κ1) is 13.2. The summed E-state index contributed by atoms with van der Waals surface area (Å²) in [5, 5.41) is 13.9. The zero-order valence-electron chi connectivity index (χ0n) is 10.6. The number of tetrazole rings is 1. The van der Waals surface area contributed by atoms with E-state index in [9.17, 15) is 4.79 Å². The van der Waals surface area contributed by atoms with E-state index in [1.807, 2.05) is 6.07 Å². The maximum atomic E-state index is 12.3. The predicted molar refractivity (Wildman–Crippen MR) is 76.4 cm³/mol. The van der Waals surface area contributed by atoms with Crippen LogP contribution < -0.4 is 5.32 Å². The fourth-order valence-electron chi connectivity index (χ4n) is 1.80. The zero-order chi connectivity index (χ0) is 14.7. The fraction of sp³-hybridized carbons (Fsp3) is 0. The molecule has 0 radical (unpaired) electrons. The van der Waals surface area contributed by atoms with Crippen molar-refractivity contribution >= 4 is 23.2 Å². The first-order valence-corrected chi connectivity index (χ1v) is 6.38. The SMILES string of the molecule is O=C(Nc1ccccc1-n1cnnn1)c1cccnc1Cl. The Balaban J connectivity index is 1.93. The molecule has 0 saturated heterocycles. The van der Waals surface area contributed by atoms with Crippen molar-refractivity contribution in [3.8, 4) is 5.69 Å². The van der Waals surface area contributed by atoms with Crippen LogP contribution in [0, 0.1) is 0 Å². The first-order chi connectivity index (χ1) is 10.3. The van der Waals surface area contributed by atoms with Gasteiger partial charge in [0.25, 0.3) is 5.91 Å². The number of anilines is 1. The van der Waals surface area contributed by atoms with Crippen LogP contribution in [0.4, 0.5) is 5.69 Å². The second-order valence-corrected chi connectivity index (χ2v) is 4.43. The molecule has 7 nitrogen and oxygen atoms in total. The van der Waals surface area contributed by atoms with Crippen molar-refractivity contribution in [2.24, 2.45) is 0 Å². The Morgan fingerprint density at radius 2 is 2.05 bits per heavy atom. The van der Waals surface area contributed by atoms with E-state index in [1.54, 1.807) is 30.3 Å². The number of pyridine rings is 1. The topological polar surface area (TPSA) is 85.6 Å². The minimum absolute atomic E-state index is 0.148. The number of carbonyl (C=O) groups is 1. The summed E-state index contributed by atoms with van der Waals surface area (Å²) in [6, 6.07) is 10.4. The molecule has 0 aliphatic carbocycles. The highest BCUT2D eigenvalue weighted by Gasteiger charge is 2.13. The predicted octanol–water partition coefficient (Wildman–Crippen LogP) is 1.96. The molecule has 0 atom stereocenters. The molecule has 0 aliphatic rings. The number of halogens is 1. The third-order valence-corrected chi connectivity index (χ3v) is 3.05. The van der Waals surface area contributed by atoms with E-state index < -0.39 is 0 Å². The quantitative estimate of drug-likeness (QED) is 0.747. The zero-order valence-corrected chi connectivity index (χ0v) is 11.4. The minimum atomic E-state index is -0.353. The Morgan fingerprint density at radius 1 is 1.19 bits per heavy atom. The average molecular weight is 301 g/mol. The van der Waals surface area contributed by atoms with Gasteiger partial charge in [0.15, 0.2) is 0 Å². The van der Waals surface area contributed by atoms with Gasteiger partial charge in [-0.2, -0.15) is 4.68 Å². The Morgan fingerprint density at radius 3 is 2.81 bits per heavy atom. The Bertz CT molecular complexity index is 774. The summed E-state index contributed by atoms with van der Waals surface area (Å²) in [4.78, 5) is 16.1.